The fourth-order valence-corrected chi connectivity index (χ4v) is 4.36. The maximum Gasteiger partial charge on any atom is 0.295 e. The van der Waals surface area contributed by atoms with Crippen LogP contribution in [0.5, 0.6) is 5.75 Å². The number of methoxy groups -OCH3 is 1. The topological polar surface area (TPSA) is 87.4 Å². The van der Waals surface area contributed by atoms with Crippen molar-refractivity contribution < 1.29 is 19.4 Å². The highest BCUT2D eigenvalue weighted by Crippen LogP contribution is 2.42. The number of nitrogens with zero attached hydrogens (tertiary/aromatic N) is 4. The Morgan fingerprint density at radius 1 is 1.15 bits per heavy atom. The number of hydrogen-bond donors (Lipinski definition) is 1. The number of amides is 1. The quantitative estimate of drug-likeness (QED) is 0.354. The van der Waals surface area contributed by atoms with Crippen LogP contribution in [0.3, 0.4) is 0 Å². The number of pyridine rings is 1. The third-order valence-corrected chi connectivity index (χ3v) is 6.01. The number of aliphatic hydroxyl groups is 1. The molecule has 4 rings (SSSR count). The minimum Gasteiger partial charge on any atom is -0.505 e. The summed E-state index contributed by atoms with van der Waals surface area (Å²) >= 11 is 0. The summed E-state index contributed by atoms with van der Waals surface area (Å²) in [6.45, 7) is 4.59. The van der Waals surface area contributed by atoms with Crippen LogP contribution in [0.1, 0.15) is 28.6 Å². The van der Waals surface area contributed by atoms with Crippen molar-refractivity contribution in [3.05, 3.63) is 70.7 Å². The van der Waals surface area contributed by atoms with Crippen LogP contribution >= 0.6 is 0 Å². The second-order valence-corrected chi connectivity index (χ2v) is 8.47. The fourth-order valence-electron chi connectivity index (χ4n) is 4.36. The molecule has 1 aliphatic heterocycles. The molecule has 2 aromatic heterocycles. The maximum absolute atomic E-state index is 13.3. The summed E-state index contributed by atoms with van der Waals surface area (Å²) in [5, 5.41) is 11.5. The van der Waals surface area contributed by atoms with Gasteiger partial charge in [-0.25, -0.2) is 4.98 Å². The first-order chi connectivity index (χ1) is 15.8. The maximum atomic E-state index is 13.3. The number of fused-ring (bicyclic) bond motifs is 1. The van der Waals surface area contributed by atoms with E-state index in [4.69, 9.17) is 4.74 Å². The monoisotopic (exact) mass is 448 g/mol. The molecule has 8 heteroatoms. The minimum absolute atomic E-state index is 0.0367. The number of benzene rings is 1. The first-order valence-electron chi connectivity index (χ1n) is 10.8. The average Bonchev–Trinajstić information content (AvgIpc) is 3.26. The molecule has 0 unspecified atom stereocenters. The highest BCUT2D eigenvalue weighted by molar-refractivity contribution is 6.46. The number of ether oxygens (including phenoxy) is 1. The minimum atomic E-state index is -0.782. The summed E-state index contributed by atoms with van der Waals surface area (Å²) in [5.41, 5.74) is 3.27. The zero-order chi connectivity index (χ0) is 23.9. The van der Waals surface area contributed by atoms with E-state index in [-0.39, 0.29) is 11.3 Å². The van der Waals surface area contributed by atoms with Gasteiger partial charge in [0.05, 0.1) is 24.4 Å². The van der Waals surface area contributed by atoms with Crippen LogP contribution in [-0.4, -0.2) is 70.3 Å². The molecule has 1 aliphatic rings. The van der Waals surface area contributed by atoms with Gasteiger partial charge in [0.25, 0.3) is 11.7 Å². The van der Waals surface area contributed by atoms with Gasteiger partial charge >= 0.3 is 0 Å². The number of Topliss-reactive ketones (excluding diaryl/α,β-unsaturated/α-hetero) is 1. The van der Waals surface area contributed by atoms with Gasteiger partial charge in [-0.3, -0.25) is 14.0 Å². The highest BCUT2D eigenvalue weighted by Gasteiger charge is 2.47. The molecular weight excluding hydrogens is 420 g/mol. The van der Waals surface area contributed by atoms with Crippen molar-refractivity contribution in [3.63, 3.8) is 0 Å². The lowest BCUT2D eigenvalue weighted by atomic mass is 9.95. The number of carbonyl (C=O) groups is 2. The normalized spacial score (nSPS) is 18.0. The Labute approximate surface area is 192 Å². The molecule has 0 spiro atoms. The van der Waals surface area contributed by atoms with Crippen molar-refractivity contribution >= 4 is 23.1 Å². The number of aromatic nitrogens is 2. The van der Waals surface area contributed by atoms with E-state index in [1.807, 2.05) is 56.3 Å². The number of likely N-dealkylation sites (N-methyl/N-ethyl adjacent to an activating group) is 1. The first kappa shape index (κ1) is 22.5. The van der Waals surface area contributed by atoms with Gasteiger partial charge < -0.3 is 19.6 Å². The van der Waals surface area contributed by atoms with Crippen LogP contribution in [0.15, 0.2) is 48.2 Å². The van der Waals surface area contributed by atoms with Crippen molar-refractivity contribution in [1.29, 1.82) is 0 Å². The molecule has 1 atom stereocenters. The summed E-state index contributed by atoms with van der Waals surface area (Å²) in [6.07, 6.45) is 1.79. The smallest absolute Gasteiger partial charge is 0.295 e. The van der Waals surface area contributed by atoms with Gasteiger partial charge in [0, 0.05) is 24.8 Å². The number of carbonyl (C=O) groups excluding carboxylic acids is 2. The van der Waals surface area contributed by atoms with Gasteiger partial charge in [-0.15, -0.1) is 0 Å². The van der Waals surface area contributed by atoms with Gasteiger partial charge in [-0.2, -0.15) is 0 Å². The number of ketones is 1. The molecule has 3 heterocycles. The average molecular weight is 449 g/mol. The zero-order valence-corrected chi connectivity index (χ0v) is 19.5. The Hall–Kier alpha value is -3.65. The van der Waals surface area contributed by atoms with Crippen molar-refractivity contribution in [2.45, 2.75) is 19.9 Å². The second kappa shape index (κ2) is 8.71. The molecule has 0 aliphatic carbocycles. The molecule has 0 radical (unpaired) electrons. The van der Waals surface area contributed by atoms with E-state index in [2.05, 4.69) is 4.98 Å². The number of hydrogen-bond acceptors (Lipinski definition) is 6. The van der Waals surface area contributed by atoms with Gasteiger partial charge in [-0.1, -0.05) is 24.3 Å². The van der Waals surface area contributed by atoms with Crippen LogP contribution in [0.25, 0.3) is 11.4 Å². The van der Waals surface area contributed by atoms with Crippen molar-refractivity contribution in [1.82, 2.24) is 19.2 Å². The van der Waals surface area contributed by atoms with Crippen LogP contribution in [0.4, 0.5) is 0 Å². The van der Waals surface area contributed by atoms with E-state index < -0.39 is 17.7 Å². The summed E-state index contributed by atoms with van der Waals surface area (Å²) < 4.78 is 7.31. The molecular formula is C25H28N4O4. The summed E-state index contributed by atoms with van der Waals surface area (Å²) in [4.78, 5) is 34.5. The summed E-state index contributed by atoms with van der Waals surface area (Å²) in [5.74, 6) is -1.07. The number of aliphatic hydroxyl groups excluding tert-OH is 1. The molecule has 3 aromatic rings. The Balaban J connectivity index is 1.98. The van der Waals surface area contributed by atoms with E-state index in [9.17, 15) is 14.7 Å². The second-order valence-electron chi connectivity index (χ2n) is 8.47. The summed E-state index contributed by atoms with van der Waals surface area (Å²) in [7, 11) is 5.35. The third kappa shape index (κ3) is 3.76. The Morgan fingerprint density at radius 2 is 1.88 bits per heavy atom. The number of para-hydroxylation sites is 1. The lowest BCUT2D eigenvalue weighted by molar-refractivity contribution is -0.140. The number of aryl methyl sites for hydroxylation is 2. The van der Waals surface area contributed by atoms with Gasteiger partial charge in [-0.05, 0) is 45.6 Å². The molecule has 1 saturated heterocycles. The predicted molar refractivity (Wildman–Crippen MR) is 125 cm³/mol. The first-order valence-corrected chi connectivity index (χ1v) is 10.8. The van der Waals surface area contributed by atoms with Gasteiger partial charge in [0.15, 0.2) is 5.76 Å². The number of imidazole rings is 1. The SMILES string of the molecule is COc1ccccc1[C@H]1/C(=C(\O)c2c(C)nc3c(C)cccn23)C(=O)C(=O)N1CCN(C)C. The standard InChI is InChI=1S/C25H28N4O4/c1-15-9-8-12-28-20(16(2)26-24(15)28)22(30)19-21(17-10-6-7-11-18(17)33-5)29(14-13-27(3)4)25(32)23(19)31/h6-12,21,30H,13-14H2,1-5H3/b22-19+/t21-/m0/s1. The molecule has 0 saturated carbocycles. The number of rotatable bonds is 6. The van der Waals surface area contributed by atoms with Gasteiger partial charge in [0.1, 0.15) is 17.1 Å². The van der Waals surface area contributed by atoms with E-state index in [1.165, 1.54) is 4.90 Å². The Morgan fingerprint density at radius 3 is 2.58 bits per heavy atom. The predicted octanol–water partition coefficient (Wildman–Crippen LogP) is 2.94. The largest absolute Gasteiger partial charge is 0.505 e. The van der Waals surface area contributed by atoms with Crippen LogP contribution in [0.2, 0.25) is 0 Å². The van der Waals surface area contributed by atoms with E-state index in [0.717, 1.165) is 5.56 Å². The molecule has 172 valence electrons. The fraction of sp³-hybridized carbons (Fsp3) is 0.320. The zero-order valence-electron chi connectivity index (χ0n) is 19.5. The molecule has 8 nitrogen and oxygen atoms in total. The van der Waals surface area contributed by atoms with Crippen LogP contribution in [-0.2, 0) is 9.59 Å². The highest BCUT2D eigenvalue weighted by atomic mass is 16.5. The molecule has 33 heavy (non-hydrogen) atoms. The Bertz CT molecular complexity index is 1270. The van der Waals surface area contributed by atoms with Crippen LogP contribution < -0.4 is 4.74 Å². The van der Waals surface area contributed by atoms with E-state index >= 15 is 0 Å². The molecule has 0 bridgehead atoms. The number of likely N-dealkylation sites (tertiary alicyclic amines) is 1. The van der Waals surface area contributed by atoms with Crippen LogP contribution in [0, 0.1) is 13.8 Å². The van der Waals surface area contributed by atoms with Gasteiger partial charge in [0.2, 0.25) is 0 Å². The lowest BCUT2D eigenvalue weighted by Crippen LogP contribution is -2.35. The third-order valence-electron chi connectivity index (χ3n) is 6.01. The van der Waals surface area contributed by atoms with E-state index in [1.54, 1.807) is 30.7 Å². The van der Waals surface area contributed by atoms with Crippen molar-refractivity contribution in [2.24, 2.45) is 0 Å². The lowest BCUT2D eigenvalue weighted by Gasteiger charge is -2.27. The summed E-state index contributed by atoms with van der Waals surface area (Å²) in [6, 6.07) is 10.3. The molecule has 1 amide bonds. The van der Waals surface area contributed by atoms with E-state index in [0.29, 0.717) is 41.4 Å². The van der Waals surface area contributed by atoms with Crippen molar-refractivity contribution in [2.75, 3.05) is 34.3 Å². The molecule has 1 N–H and O–H groups in total. The molecule has 1 aromatic carbocycles. The molecule has 1 fully saturated rings. The van der Waals surface area contributed by atoms with Crippen molar-refractivity contribution in [3.8, 4) is 5.75 Å². The Kier molecular flexibility index (Phi) is 5.95.